The van der Waals surface area contributed by atoms with Crippen molar-refractivity contribution in [2.24, 2.45) is 5.92 Å². The number of carbonyl (C=O) groups is 2. The van der Waals surface area contributed by atoms with Gasteiger partial charge in [0.15, 0.2) is 5.76 Å². The largest absolute Gasteiger partial charge is 0.459 e. The van der Waals surface area contributed by atoms with Crippen molar-refractivity contribution in [1.29, 1.82) is 0 Å². The van der Waals surface area contributed by atoms with Gasteiger partial charge in [0, 0.05) is 38.3 Å². The predicted octanol–water partition coefficient (Wildman–Crippen LogP) is 3.08. The molecule has 0 aliphatic carbocycles. The second kappa shape index (κ2) is 8.64. The minimum absolute atomic E-state index is 0.0393. The Labute approximate surface area is 178 Å². The van der Waals surface area contributed by atoms with Crippen LogP contribution in [-0.2, 0) is 17.8 Å². The van der Waals surface area contributed by atoms with Crippen molar-refractivity contribution in [1.82, 2.24) is 15.1 Å². The number of furan rings is 1. The smallest absolute Gasteiger partial charge is 0.289 e. The molecule has 6 nitrogen and oxygen atoms in total. The van der Waals surface area contributed by atoms with E-state index in [0.29, 0.717) is 25.4 Å². The summed E-state index contributed by atoms with van der Waals surface area (Å²) in [5, 5.41) is 3.17. The van der Waals surface area contributed by atoms with E-state index in [2.05, 4.69) is 48.3 Å². The van der Waals surface area contributed by atoms with Crippen LogP contribution in [0.5, 0.6) is 0 Å². The van der Waals surface area contributed by atoms with Crippen LogP contribution in [-0.4, -0.2) is 53.3 Å². The Bertz CT molecular complexity index is 891. The summed E-state index contributed by atoms with van der Waals surface area (Å²) in [4.78, 5) is 29.6. The lowest BCUT2D eigenvalue weighted by Crippen LogP contribution is -2.54. The number of piperidine rings is 1. The van der Waals surface area contributed by atoms with Gasteiger partial charge in [-0.25, -0.2) is 0 Å². The maximum absolute atomic E-state index is 12.9. The minimum Gasteiger partial charge on any atom is -0.459 e. The Morgan fingerprint density at radius 3 is 2.70 bits per heavy atom. The first kappa shape index (κ1) is 20.7. The first-order chi connectivity index (χ1) is 14.4. The number of amides is 2. The predicted molar refractivity (Wildman–Crippen MR) is 115 cm³/mol. The first-order valence-corrected chi connectivity index (χ1v) is 10.9. The molecular formula is C24H31N3O3. The lowest BCUT2D eigenvalue weighted by molar-refractivity contribution is -0.127. The van der Waals surface area contributed by atoms with Gasteiger partial charge >= 0.3 is 0 Å². The molecule has 1 N–H and O–H groups in total. The Hall–Kier alpha value is -2.60. The summed E-state index contributed by atoms with van der Waals surface area (Å²) < 4.78 is 5.23. The molecule has 1 aromatic heterocycles. The average molecular weight is 410 g/mol. The van der Waals surface area contributed by atoms with Crippen molar-refractivity contribution in [3.05, 3.63) is 59.5 Å². The summed E-state index contributed by atoms with van der Waals surface area (Å²) in [5.74, 6) is 0.0698. The van der Waals surface area contributed by atoms with E-state index < -0.39 is 0 Å². The van der Waals surface area contributed by atoms with Crippen molar-refractivity contribution in [2.45, 2.75) is 45.2 Å². The van der Waals surface area contributed by atoms with Crippen molar-refractivity contribution in [2.75, 3.05) is 26.2 Å². The van der Waals surface area contributed by atoms with E-state index in [1.165, 1.54) is 17.4 Å². The van der Waals surface area contributed by atoms with Gasteiger partial charge in [0.2, 0.25) is 5.91 Å². The molecule has 3 heterocycles. The summed E-state index contributed by atoms with van der Waals surface area (Å²) in [6.45, 7) is 7.99. The van der Waals surface area contributed by atoms with Gasteiger partial charge in [-0.05, 0) is 56.4 Å². The van der Waals surface area contributed by atoms with Gasteiger partial charge in [-0.15, -0.1) is 0 Å². The summed E-state index contributed by atoms with van der Waals surface area (Å²) in [7, 11) is 0. The molecule has 30 heavy (non-hydrogen) atoms. The van der Waals surface area contributed by atoms with Crippen LogP contribution in [0.1, 0.15) is 48.4 Å². The number of fused-ring (bicyclic) bond motifs is 1. The zero-order valence-electron chi connectivity index (χ0n) is 17.9. The van der Waals surface area contributed by atoms with Gasteiger partial charge in [-0.2, -0.15) is 0 Å². The third-order valence-corrected chi connectivity index (χ3v) is 6.49. The van der Waals surface area contributed by atoms with E-state index in [1.807, 2.05) is 0 Å². The molecular weight excluding hydrogens is 378 g/mol. The molecule has 1 unspecified atom stereocenters. The summed E-state index contributed by atoms with van der Waals surface area (Å²) >= 11 is 0. The fraction of sp³-hybridized carbons (Fsp3) is 0.500. The molecule has 0 radical (unpaired) electrons. The van der Waals surface area contributed by atoms with Crippen molar-refractivity contribution in [3.63, 3.8) is 0 Å². The van der Waals surface area contributed by atoms with E-state index >= 15 is 0 Å². The molecule has 2 aromatic rings. The molecule has 0 saturated carbocycles. The van der Waals surface area contributed by atoms with Crippen molar-refractivity contribution >= 4 is 11.8 Å². The Balaban J connectivity index is 1.32. The van der Waals surface area contributed by atoms with Gasteiger partial charge in [0.05, 0.1) is 12.2 Å². The van der Waals surface area contributed by atoms with Crippen LogP contribution in [0, 0.1) is 5.92 Å². The molecule has 2 aliphatic rings. The topological polar surface area (TPSA) is 65.8 Å². The highest BCUT2D eigenvalue weighted by Crippen LogP contribution is 2.25. The molecule has 0 bridgehead atoms. The highest BCUT2D eigenvalue weighted by molar-refractivity contribution is 5.92. The monoisotopic (exact) mass is 409 g/mol. The van der Waals surface area contributed by atoms with Crippen LogP contribution >= 0.6 is 0 Å². The van der Waals surface area contributed by atoms with Crippen LogP contribution in [0.2, 0.25) is 0 Å². The van der Waals surface area contributed by atoms with Gasteiger partial charge in [-0.3, -0.25) is 14.5 Å². The normalized spacial score (nSPS) is 19.9. The molecule has 1 fully saturated rings. The molecule has 2 amide bonds. The van der Waals surface area contributed by atoms with E-state index in [-0.39, 0.29) is 23.3 Å². The molecule has 6 heteroatoms. The fourth-order valence-corrected chi connectivity index (χ4v) is 4.50. The molecule has 1 atom stereocenters. The van der Waals surface area contributed by atoms with Gasteiger partial charge in [0.1, 0.15) is 0 Å². The van der Waals surface area contributed by atoms with Gasteiger partial charge in [-0.1, -0.05) is 24.3 Å². The standard InChI is InChI=1S/C24H31N3O3/c1-24(2,27-13-11-18-7-3-4-8-19(18)16-27)17-25-22(28)20-9-5-12-26(15-20)23(29)21-10-6-14-30-21/h3-4,6-8,10,14,20H,5,9,11-13,15-17H2,1-2H3,(H,25,28). The lowest BCUT2D eigenvalue weighted by Gasteiger charge is -2.42. The SMILES string of the molecule is CC(C)(CNC(=O)C1CCCN(C(=O)c2ccco2)C1)N1CCc2ccccc2C1. The number of nitrogens with one attached hydrogen (secondary N) is 1. The van der Waals surface area contributed by atoms with Crippen LogP contribution in [0.4, 0.5) is 0 Å². The van der Waals surface area contributed by atoms with Crippen LogP contribution in [0.15, 0.2) is 47.1 Å². The maximum Gasteiger partial charge on any atom is 0.289 e. The Morgan fingerprint density at radius 1 is 1.13 bits per heavy atom. The molecule has 0 spiro atoms. The average Bonchev–Trinajstić information content (AvgIpc) is 3.31. The number of benzene rings is 1. The maximum atomic E-state index is 12.9. The fourth-order valence-electron chi connectivity index (χ4n) is 4.50. The second-order valence-electron chi connectivity index (χ2n) is 9.04. The van der Waals surface area contributed by atoms with E-state index in [1.54, 1.807) is 17.0 Å². The molecule has 4 rings (SSSR count). The van der Waals surface area contributed by atoms with Crippen LogP contribution in [0.3, 0.4) is 0 Å². The van der Waals surface area contributed by atoms with Crippen LogP contribution in [0.25, 0.3) is 0 Å². The third-order valence-electron chi connectivity index (χ3n) is 6.49. The number of likely N-dealkylation sites (tertiary alicyclic amines) is 1. The van der Waals surface area contributed by atoms with E-state index in [9.17, 15) is 9.59 Å². The second-order valence-corrected chi connectivity index (χ2v) is 9.04. The Kier molecular flexibility index (Phi) is 5.95. The van der Waals surface area contributed by atoms with Gasteiger partial charge < -0.3 is 14.6 Å². The molecule has 160 valence electrons. The van der Waals surface area contributed by atoms with E-state index in [4.69, 9.17) is 4.42 Å². The minimum atomic E-state index is -0.171. The molecule has 1 aromatic carbocycles. The summed E-state index contributed by atoms with van der Waals surface area (Å²) in [6, 6.07) is 12.0. The number of hydrogen-bond donors (Lipinski definition) is 1. The number of hydrogen-bond acceptors (Lipinski definition) is 4. The number of carbonyl (C=O) groups excluding carboxylic acids is 2. The quantitative estimate of drug-likeness (QED) is 0.824. The van der Waals surface area contributed by atoms with E-state index in [0.717, 1.165) is 32.4 Å². The van der Waals surface area contributed by atoms with Gasteiger partial charge in [0.25, 0.3) is 5.91 Å². The van der Waals surface area contributed by atoms with Crippen LogP contribution < -0.4 is 5.32 Å². The zero-order chi connectivity index (χ0) is 21.1. The number of rotatable bonds is 5. The summed E-state index contributed by atoms with van der Waals surface area (Å²) in [5.41, 5.74) is 2.67. The van der Waals surface area contributed by atoms with Crippen molar-refractivity contribution in [3.8, 4) is 0 Å². The Morgan fingerprint density at radius 2 is 1.93 bits per heavy atom. The molecule has 2 aliphatic heterocycles. The highest BCUT2D eigenvalue weighted by atomic mass is 16.3. The zero-order valence-corrected chi connectivity index (χ0v) is 17.9. The molecule has 1 saturated heterocycles. The third kappa shape index (κ3) is 4.43. The summed E-state index contributed by atoms with van der Waals surface area (Å²) in [6.07, 6.45) is 4.19. The van der Waals surface area contributed by atoms with Crippen molar-refractivity contribution < 1.29 is 14.0 Å². The number of nitrogens with zero attached hydrogens (tertiary/aromatic N) is 2. The highest BCUT2D eigenvalue weighted by Gasteiger charge is 2.33. The lowest BCUT2D eigenvalue weighted by atomic mass is 9.93. The first-order valence-electron chi connectivity index (χ1n) is 10.9.